The van der Waals surface area contributed by atoms with Gasteiger partial charge in [-0.2, -0.15) is 0 Å². The van der Waals surface area contributed by atoms with E-state index in [1.54, 1.807) is 56.3 Å². The van der Waals surface area contributed by atoms with Gasteiger partial charge in [0.05, 0.1) is 16.7 Å². The predicted molar refractivity (Wildman–Crippen MR) is 88.5 cm³/mol. The number of hydrogen-bond donors (Lipinski definition) is 3. The third kappa shape index (κ3) is 3.34. The molecule has 0 atom stereocenters. The van der Waals surface area contributed by atoms with Crippen molar-refractivity contribution in [2.45, 2.75) is 26.2 Å². The molecule has 0 heterocycles. The van der Waals surface area contributed by atoms with Crippen LogP contribution < -0.4 is 5.32 Å². The van der Waals surface area contributed by atoms with Crippen LogP contribution in [0.2, 0.25) is 0 Å². The lowest BCUT2D eigenvalue weighted by atomic mass is 9.83. The summed E-state index contributed by atoms with van der Waals surface area (Å²) in [6.45, 7) is 5.05. The van der Waals surface area contributed by atoms with E-state index in [-0.39, 0.29) is 5.56 Å². The molecule has 0 bridgehead atoms. The van der Waals surface area contributed by atoms with Gasteiger partial charge in [0.1, 0.15) is 0 Å². The van der Waals surface area contributed by atoms with E-state index in [0.29, 0.717) is 16.9 Å². The fourth-order valence-electron chi connectivity index (χ4n) is 2.34. The molecule has 5 nitrogen and oxygen atoms in total. The highest BCUT2D eigenvalue weighted by atomic mass is 16.4. The average Bonchev–Trinajstić information content (AvgIpc) is 2.49. The van der Waals surface area contributed by atoms with Crippen LogP contribution in [0.3, 0.4) is 0 Å². The van der Waals surface area contributed by atoms with Gasteiger partial charge in [-0.3, -0.25) is 4.79 Å². The third-order valence-electron chi connectivity index (χ3n) is 3.81. The van der Waals surface area contributed by atoms with Gasteiger partial charge >= 0.3 is 11.9 Å². The van der Waals surface area contributed by atoms with Crippen molar-refractivity contribution in [3.8, 4) is 0 Å². The molecule has 0 amide bonds. The molecule has 0 radical (unpaired) electrons. The molecule has 0 saturated heterocycles. The number of carbonyl (C=O) groups is 2. The number of aryl methyl sites for hydroxylation is 1. The van der Waals surface area contributed by atoms with Crippen molar-refractivity contribution in [2.24, 2.45) is 0 Å². The van der Waals surface area contributed by atoms with Crippen LogP contribution in [0.15, 0.2) is 42.5 Å². The number of carboxylic acid groups (broad SMARTS) is 2. The van der Waals surface area contributed by atoms with Crippen molar-refractivity contribution in [1.82, 2.24) is 0 Å². The molecular weight excluding hydrogens is 294 g/mol. The van der Waals surface area contributed by atoms with Crippen molar-refractivity contribution >= 4 is 23.3 Å². The van der Waals surface area contributed by atoms with Crippen molar-refractivity contribution in [2.75, 3.05) is 5.32 Å². The second-order valence-corrected chi connectivity index (χ2v) is 5.95. The van der Waals surface area contributed by atoms with Gasteiger partial charge in [0.2, 0.25) is 0 Å². The Balaban J connectivity index is 2.51. The number of hydrogen-bond acceptors (Lipinski definition) is 3. The SMILES string of the molecule is Cc1ccc(Nc2ccccc2C(C)(C)C(=O)O)c(C(=O)O)c1. The molecule has 0 saturated carbocycles. The fraction of sp³-hybridized carbons (Fsp3) is 0.222. The van der Waals surface area contributed by atoms with Crippen molar-refractivity contribution in [3.63, 3.8) is 0 Å². The largest absolute Gasteiger partial charge is 0.481 e. The second-order valence-electron chi connectivity index (χ2n) is 5.95. The molecule has 2 aromatic rings. The van der Waals surface area contributed by atoms with E-state index in [1.165, 1.54) is 0 Å². The van der Waals surface area contributed by atoms with Crippen LogP contribution in [0.4, 0.5) is 11.4 Å². The van der Waals surface area contributed by atoms with Crippen LogP contribution in [-0.2, 0) is 10.2 Å². The van der Waals surface area contributed by atoms with E-state index < -0.39 is 17.4 Å². The van der Waals surface area contributed by atoms with Crippen molar-refractivity contribution < 1.29 is 19.8 Å². The normalized spacial score (nSPS) is 11.1. The van der Waals surface area contributed by atoms with Crippen LogP contribution in [-0.4, -0.2) is 22.2 Å². The Labute approximate surface area is 134 Å². The average molecular weight is 313 g/mol. The summed E-state index contributed by atoms with van der Waals surface area (Å²) < 4.78 is 0. The number of aromatic carboxylic acids is 1. The molecule has 0 aliphatic rings. The molecule has 5 heteroatoms. The number of para-hydroxylation sites is 1. The van der Waals surface area contributed by atoms with Crippen molar-refractivity contribution in [3.05, 3.63) is 59.2 Å². The minimum absolute atomic E-state index is 0.146. The van der Waals surface area contributed by atoms with E-state index in [9.17, 15) is 19.8 Å². The number of rotatable bonds is 5. The van der Waals surface area contributed by atoms with E-state index in [2.05, 4.69) is 5.32 Å². The zero-order valence-corrected chi connectivity index (χ0v) is 13.3. The fourth-order valence-corrected chi connectivity index (χ4v) is 2.34. The van der Waals surface area contributed by atoms with Gasteiger partial charge in [-0.15, -0.1) is 0 Å². The number of benzene rings is 2. The standard InChI is InChI=1S/C18H19NO4/c1-11-8-9-14(12(10-11)16(20)21)19-15-7-5-4-6-13(15)18(2,3)17(22)23/h4-10,19H,1-3H3,(H,20,21)(H,22,23). The summed E-state index contributed by atoms with van der Waals surface area (Å²) in [5.41, 5.74) is 1.48. The third-order valence-corrected chi connectivity index (χ3v) is 3.81. The zero-order valence-electron chi connectivity index (χ0n) is 13.3. The first kappa shape index (κ1) is 16.5. The highest BCUT2D eigenvalue weighted by Crippen LogP contribution is 2.33. The predicted octanol–water partition coefficient (Wildman–Crippen LogP) is 3.80. The van der Waals surface area contributed by atoms with Crippen LogP contribution in [0.5, 0.6) is 0 Å². The maximum absolute atomic E-state index is 11.5. The maximum atomic E-state index is 11.5. The van der Waals surface area contributed by atoms with Gasteiger partial charge < -0.3 is 15.5 Å². The summed E-state index contributed by atoms with van der Waals surface area (Å²) in [4.78, 5) is 22.9. The Bertz CT molecular complexity index is 765. The first-order valence-electron chi connectivity index (χ1n) is 7.17. The minimum atomic E-state index is -1.10. The Morgan fingerprint density at radius 2 is 1.65 bits per heavy atom. The van der Waals surface area contributed by atoms with Gasteiger partial charge in [-0.25, -0.2) is 4.79 Å². The lowest BCUT2D eigenvalue weighted by Crippen LogP contribution is -2.29. The highest BCUT2D eigenvalue weighted by molar-refractivity contribution is 5.96. The van der Waals surface area contributed by atoms with Gasteiger partial charge in [0, 0.05) is 5.69 Å². The second kappa shape index (κ2) is 6.12. The van der Waals surface area contributed by atoms with E-state index in [4.69, 9.17) is 0 Å². The summed E-state index contributed by atoms with van der Waals surface area (Å²) >= 11 is 0. The monoisotopic (exact) mass is 313 g/mol. The molecule has 2 aromatic carbocycles. The molecule has 0 aromatic heterocycles. The Morgan fingerprint density at radius 1 is 1.00 bits per heavy atom. The molecule has 120 valence electrons. The van der Waals surface area contributed by atoms with Gasteiger partial charge in [0.25, 0.3) is 0 Å². The van der Waals surface area contributed by atoms with Crippen LogP contribution in [0, 0.1) is 6.92 Å². The topological polar surface area (TPSA) is 86.6 Å². The minimum Gasteiger partial charge on any atom is -0.481 e. The van der Waals surface area contributed by atoms with E-state index in [1.807, 2.05) is 6.92 Å². The first-order valence-corrected chi connectivity index (χ1v) is 7.17. The van der Waals surface area contributed by atoms with Crippen LogP contribution in [0.25, 0.3) is 0 Å². The summed E-state index contributed by atoms with van der Waals surface area (Å²) in [6, 6.07) is 12.1. The number of carboxylic acids is 2. The summed E-state index contributed by atoms with van der Waals surface area (Å²) in [7, 11) is 0. The molecular formula is C18H19NO4. The molecule has 0 aliphatic carbocycles. The lowest BCUT2D eigenvalue weighted by molar-refractivity contribution is -0.142. The molecule has 2 rings (SSSR count). The summed E-state index contributed by atoms with van der Waals surface area (Å²) in [6.07, 6.45) is 0. The zero-order chi connectivity index (χ0) is 17.2. The molecule has 0 fully saturated rings. The lowest BCUT2D eigenvalue weighted by Gasteiger charge is -2.24. The number of nitrogens with one attached hydrogen (secondary N) is 1. The maximum Gasteiger partial charge on any atom is 0.337 e. The highest BCUT2D eigenvalue weighted by Gasteiger charge is 2.31. The summed E-state index contributed by atoms with van der Waals surface area (Å²) in [5, 5.41) is 21.9. The number of anilines is 2. The van der Waals surface area contributed by atoms with Crippen LogP contribution in [0.1, 0.15) is 35.3 Å². The quantitative estimate of drug-likeness (QED) is 0.781. The molecule has 0 aliphatic heterocycles. The molecule has 0 spiro atoms. The van der Waals surface area contributed by atoms with E-state index >= 15 is 0 Å². The first-order chi connectivity index (χ1) is 10.7. The number of aliphatic carboxylic acids is 1. The van der Waals surface area contributed by atoms with Crippen LogP contribution >= 0.6 is 0 Å². The van der Waals surface area contributed by atoms with Crippen molar-refractivity contribution in [1.29, 1.82) is 0 Å². The Hall–Kier alpha value is -2.82. The van der Waals surface area contributed by atoms with E-state index in [0.717, 1.165) is 5.56 Å². The molecule has 3 N–H and O–H groups in total. The van der Waals surface area contributed by atoms with Gasteiger partial charge in [0.15, 0.2) is 0 Å². The van der Waals surface area contributed by atoms with Gasteiger partial charge in [-0.05, 0) is 44.5 Å². The Kier molecular flexibility index (Phi) is 4.40. The molecule has 23 heavy (non-hydrogen) atoms. The molecule has 0 unspecified atom stereocenters. The Morgan fingerprint density at radius 3 is 2.26 bits per heavy atom. The van der Waals surface area contributed by atoms with Gasteiger partial charge in [-0.1, -0.05) is 29.8 Å². The smallest absolute Gasteiger partial charge is 0.337 e. The summed E-state index contributed by atoms with van der Waals surface area (Å²) in [5.74, 6) is -1.99.